The predicted molar refractivity (Wildman–Crippen MR) is 58.4 cm³/mol. The van der Waals surface area contributed by atoms with Crippen molar-refractivity contribution in [1.29, 1.82) is 0 Å². The quantitative estimate of drug-likeness (QED) is 0.479. The smallest absolute Gasteiger partial charge is 0.0428 e. The summed E-state index contributed by atoms with van der Waals surface area (Å²) in [4.78, 5) is 2.23. The summed E-state index contributed by atoms with van der Waals surface area (Å²) in [6, 6.07) is 0. The second-order valence-electron chi connectivity index (χ2n) is 2.88. The molecule has 0 bridgehead atoms. The molecule has 0 radical (unpaired) electrons. The lowest BCUT2D eigenvalue weighted by atomic mass is 10.3. The molecule has 0 aromatic rings. The summed E-state index contributed by atoms with van der Waals surface area (Å²) in [5.41, 5.74) is 8.19. The Kier molecular flexibility index (Phi) is 8.42. The van der Waals surface area contributed by atoms with Crippen LogP contribution in [0, 0.1) is 0 Å². The fraction of sp³-hybridized carbons (Fsp3) is 0.545. The molecule has 0 aliphatic heterocycles. The van der Waals surface area contributed by atoms with E-state index in [0.717, 1.165) is 32.5 Å². The van der Waals surface area contributed by atoms with Gasteiger partial charge in [-0.25, -0.2) is 0 Å². The fourth-order valence-electron chi connectivity index (χ4n) is 1.08. The Morgan fingerprint density at radius 2 is 2.23 bits per heavy atom. The van der Waals surface area contributed by atoms with Crippen LogP contribution in [0.4, 0.5) is 0 Å². The molecular formula is C11H20N2. The maximum absolute atomic E-state index is 5.42. The lowest BCUT2D eigenvalue weighted by Gasteiger charge is -2.17. The average molecular weight is 180 g/mol. The van der Waals surface area contributed by atoms with E-state index in [1.165, 1.54) is 0 Å². The number of unbranched alkanes of at least 4 members (excludes halogenated alkanes) is 1. The Balaban J connectivity index is 3.72. The third kappa shape index (κ3) is 7.38. The van der Waals surface area contributed by atoms with Gasteiger partial charge in [-0.05, 0) is 38.6 Å². The van der Waals surface area contributed by atoms with Crippen molar-refractivity contribution in [3.63, 3.8) is 0 Å². The van der Waals surface area contributed by atoms with Crippen molar-refractivity contribution in [3.05, 3.63) is 30.7 Å². The lowest BCUT2D eigenvalue weighted by Crippen LogP contribution is -2.19. The topological polar surface area (TPSA) is 29.3 Å². The molecule has 0 spiro atoms. The molecule has 0 aromatic heterocycles. The van der Waals surface area contributed by atoms with E-state index >= 15 is 0 Å². The van der Waals surface area contributed by atoms with Gasteiger partial charge in [-0.3, -0.25) is 0 Å². The number of rotatable bonds is 7. The van der Waals surface area contributed by atoms with Crippen LogP contribution in [0.25, 0.3) is 0 Å². The SMILES string of the molecule is C=C=CCN(C=CC)CCCCN. The van der Waals surface area contributed by atoms with Crippen molar-refractivity contribution >= 4 is 0 Å². The number of nitrogens with zero attached hydrogens (tertiary/aromatic N) is 1. The molecule has 0 aliphatic rings. The largest absolute Gasteiger partial charge is 0.373 e. The number of hydrogen-bond acceptors (Lipinski definition) is 2. The number of allylic oxidation sites excluding steroid dienone is 1. The first kappa shape index (κ1) is 12.0. The van der Waals surface area contributed by atoms with E-state index < -0.39 is 0 Å². The number of hydrogen-bond donors (Lipinski definition) is 1. The summed E-state index contributed by atoms with van der Waals surface area (Å²) in [6.45, 7) is 8.28. The van der Waals surface area contributed by atoms with E-state index in [2.05, 4.69) is 23.4 Å². The molecule has 0 saturated heterocycles. The first-order valence-electron chi connectivity index (χ1n) is 4.76. The highest BCUT2D eigenvalue weighted by Gasteiger charge is 1.94. The van der Waals surface area contributed by atoms with E-state index in [0.29, 0.717) is 0 Å². The zero-order valence-electron chi connectivity index (χ0n) is 8.50. The summed E-state index contributed by atoms with van der Waals surface area (Å²) in [7, 11) is 0. The Morgan fingerprint density at radius 1 is 1.46 bits per heavy atom. The molecule has 0 aromatic carbocycles. The summed E-state index contributed by atoms with van der Waals surface area (Å²) < 4.78 is 0. The summed E-state index contributed by atoms with van der Waals surface area (Å²) in [5.74, 6) is 0. The maximum Gasteiger partial charge on any atom is 0.0428 e. The minimum absolute atomic E-state index is 0.779. The normalized spacial score (nSPS) is 10.0. The monoisotopic (exact) mass is 180 g/mol. The van der Waals surface area contributed by atoms with Crippen molar-refractivity contribution < 1.29 is 0 Å². The minimum Gasteiger partial charge on any atom is -0.373 e. The Bertz CT molecular complexity index is 179. The van der Waals surface area contributed by atoms with E-state index in [9.17, 15) is 0 Å². The molecule has 2 N–H and O–H groups in total. The summed E-state index contributed by atoms with van der Waals surface area (Å²) in [5, 5.41) is 0. The first-order valence-corrected chi connectivity index (χ1v) is 4.76. The van der Waals surface area contributed by atoms with Crippen LogP contribution in [0.15, 0.2) is 30.7 Å². The van der Waals surface area contributed by atoms with Gasteiger partial charge >= 0.3 is 0 Å². The Morgan fingerprint density at radius 3 is 2.77 bits per heavy atom. The molecule has 0 amide bonds. The Hall–Kier alpha value is -0.980. The van der Waals surface area contributed by atoms with Gasteiger partial charge < -0.3 is 10.6 Å². The fourth-order valence-corrected chi connectivity index (χ4v) is 1.08. The number of nitrogens with two attached hydrogens (primary N) is 1. The third-order valence-electron chi connectivity index (χ3n) is 1.73. The van der Waals surface area contributed by atoms with Crippen molar-refractivity contribution in [3.8, 4) is 0 Å². The van der Waals surface area contributed by atoms with Crippen molar-refractivity contribution in [2.45, 2.75) is 19.8 Å². The van der Waals surface area contributed by atoms with Gasteiger partial charge in [0.25, 0.3) is 0 Å². The molecule has 0 saturated carbocycles. The van der Waals surface area contributed by atoms with E-state index in [1.54, 1.807) is 0 Å². The molecule has 13 heavy (non-hydrogen) atoms. The standard InChI is InChI=1S/C11H20N2/c1-3-5-10-13(9-4-2)11-7-6-8-12/h4-5,9H,1,6-8,10-12H2,2H3. The third-order valence-corrected chi connectivity index (χ3v) is 1.73. The highest BCUT2D eigenvalue weighted by atomic mass is 15.1. The summed E-state index contributed by atoms with van der Waals surface area (Å²) in [6.07, 6.45) is 8.30. The van der Waals surface area contributed by atoms with Gasteiger partial charge in [-0.2, -0.15) is 0 Å². The zero-order chi connectivity index (χ0) is 9.94. The average Bonchev–Trinajstić information content (AvgIpc) is 2.14. The van der Waals surface area contributed by atoms with Gasteiger partial charge in [0.1, 0.15) is 0 Å². The molecule has 0 fully saturated rings. The van der Waals surface area contributed by atoms with Gasteiger partial charge in [-0.15, -0.1) is 5.73 Å². The molecule has 74 valence electrons. The molecule has 2 heteroatoms. The van der Waals surface area contributed by atoms with Gasteiger partial charge in [-0.1, -0.05) is 12.7 Å². The second-order valence-corrected chi connectivity index (χ2v) is 2.88. The van der Waals surface area contributed by atoms with Crippen molar-refractivity contribution in [1.82, 2.24) is 4.90 Å². The zero-order valence-corrected chi connectivity index (χ0v) is 8.50. The van der Waals surface area contributed by atoms with Crippen LogP contribution in [0.5, 0.6) is 0 Å². The molecule has 0 rings (SSSR count). The molecule has 0 unspecified atom stereocenters. The van der Waals surface area contributed by atoms with Gasteiger partial charge in [0.05, 0.1) is 0 Å². The van der Waals surface area contributed by atoms with Gasteiger partial charge in [0, 0.05) is 13.1 Å². The van der Waals surface area contributed by atoms with Crippen molar-refractivity contribution in [2.24, 2.45) is 5.73 Å². The highest BCUT2D eigenvalue weighted by Crippen LogP contribution is 1.95. The summed E-state index contributed by atoms with van der Waals surface area (Å²) >= 11 is 0. The van der Waals surface area contributed by atoms with Crippen LogP contribution in [0.1, 0.15) is 19.8 Å². The van der Waals surface area contributed by atoms with E-state index in [4.69, 9.17) is 5.73 Å². The van der Waals surface area contributed by atoms with Crippen LogP contribution in [0.3, 0.4) is 0 Å². The molecular weight excluding hydrogens is 160 g/mol. The second kappa shape index (κ2) is 9.11. The maximum atomic E-state index is 5.42. The molecule has 0 aliphatic carbocycles. The highest BCUT2D eigenvalue weighted by molar-refractivity contribution is 4.86. The lowest BCUT2D eigenvalue weighted by molar-refractivity contribution is 0.401. The molecule has 0 atom stereocenters. The predicted octanol–water partition coefficient (Wildman–Crippen LogP) is 1.90. The Labute approximate surface area is 81.4 Å². The van der Waals surface area contributed by atoms with Gasteiger partial charge in [0.2, 0.25) is 0 Å². The minimum atomic E-state index is 0.779. The van der Waals surface area contributed by atoms with Crippen LogP contribution < -0.4 is 5.73 Å². The van der Waals surface area contributed by atoms with Crippen LogP contribution >= 0.6 is 0 Å². The van der Waals surface area contributed by atoms with Crippen LogP contribution in [0.2, 0.25) is 0 Å². The van der Waals surface area contributed by atoms with Crippen molar-refractivity contribution in [2.75, 3.05) is 19.6 Å². The van der Waals surface area contributed by atoms with Crippen LogP contribution in [-0.2, 0) is 0 Å². The van der Waals surface area contributed by atoms with E-state index in [-0.39, 0.29) is 0 Å². The first-order chi connectivity index (χ1) is 6.35. The molecule has 2 nitrogen and oxygen atoms in total. The molecule has 0 heterocycles. The van der Waals surface area contributed by atoms with Crippen LogP contribution in [-0.4, -0.2) is 24.5 Å². The van der Waals surface area contributed by atoms with Gasteiger partial charge in [0.15, 0.2) is 0 Å². The van der Waals surface area contributed by atoms with E-state index in [1.807, 2.05) is 19.1 Å².